The van der Waals surface area contributed by atoms with E-state index in [9.17, 15) is 0 Å². The number of hydrogen-bond donors (Lipinski definition) is 0. The number of benzene rings is 1. The van der Waals surface area contributed by atoms with Gasteiger partial charge in [-0.25, -0.2) is 4.67 Å². The molecule has 3 nitrogen and oxygen atoms in total. The van der Waals surface area contributed by atoms with Crippen molar-refractivity contribution in [3.63, 3.8) is 0 Å². The first-order chi connectivity index (χ1) is 9.61. The zero-order valence-electron chi connectivity index (χ0n) is 12.6. The second kappa shape index (κ2) is 7.33. The van der Waals surface area contributed by atoms with Gasteiger partial charge in [-0.05, 0) is 12.5 Å². The zero-order valence-corrected chi connectivity index (χ0v) is 13.5. The van der Waals surface area contributed by atoms with Gasteiger partial charge in [-0.15, -0.1) is 0 Å². The van der Waals surface area contributed by atoms with E-state index >= 15 is 0 Å². The van der Waals surface area contributed by atoms with Crippen LogP contribution in [0.4, 0.5) is 0 Å². The molecule has 1 saturated heterocycles. The molecule has 1 aromatic rings. The first kappa shape index (κ1) is 15.7. The van der Waals surface area contributed by atoms with Crippen LogP contribution in [0.25, 0.3) is 0 Å². The summed E-state index contributed by atoms with van der Waals surface area (Å²) in [6.45, 7) is 9.63. The maximum absolute atomic E-state index is 5.96. The van der Waals surface area contributed by atoms with Crippen molar-refractivity contribution in [1.82, 2.24) is 4.67 Å². The minimum atomic E-state index is -0.947. The standard InChI is InChI=1S/C16H24NO2P/c1-4-5-11-17(12-15-9-7-6-8-10-15)20-18-13-16(2,3)14-19-20/h4-10H,11-14H2,1-3H3/b5-4+. The van der Waals surface area contributed by atoms with Crippen molar-refractivity contribution in [3.8, 4) is 0 Å². The van der Waals surface area contributed by atoms with Crippen molar-refractivity contribution < 1.29 is 9.05 Å². The van der Waals surface area contributed by atoms with Gasteiger partial charge in [0.25, 0.3) is 8.53 Å². The quantitative estimate of drug-likeness (QED) is 0.594. The maximum Gasteiger partial charge on any atom is 0.259 e. The third kappa shape index (κ3) is 4.68. The third-order valence-electron chi connectivity index (χ3n) is 3.12. The van der Waals surface area contributed by atoms with E-state index in [1.54, 1.807) is 0 Å². The van der Waals surface area contributed by atoms with Crippen molar-refractivity contribution in [3.05, 3.63) is 48.0 Å². The molecule has 0 radical (unpaired) electrons. The van der Waals surface area contributed by atoms with E-state index in [1.165, 1.54) is 5.56 Å². The van der Waals surface area contributed by atoms with Gasteiger partial charge in [0.2, 0.25) is 0 Å². The highest BCUT2D eigenvalue weighted by molar-refractivity contribution is 7.44. The maximum atomic E-state index is 5.96. The molecule has 0 unspecified atom stereocenters. The van der Waals surface area contributed by atoms with E-state index in [0.29, 0.717) is 0 Å². The Labute approximate surface area is 123 Å². The molecule has 0 aromatic heterocycles. The molecule has 2 rings (SSSR count). The van der Waals surface area contributed by atoms with E-state index in [0.717, 1.165) is 26.3 Å². The number of hydrogen-bond acceptors (Lipinski definition) is 3. The second-order valence-corrected chi connectivity index (χ2v) is 7.41. The van der Waals surface area contributed by atoms with E-state index in [2.05, 4.69) is 54.9 Å². The number of allylic oxidation sites excluding steroid dienone is 1. The molecule has 4 heteroatoms. The lowest BCUT2D eigenvalue weighted by Crippen LogP contribution is -2.32. The Bertz CT molecular complexity index is 423. The second-order valence-electron chi connectivity index (χ2n) is 5.85. The van der Waals surface area contributed by atoms with Crippen LogP contribution in [0.3, 0.4) is 0 Å². The third-order valence-corrected chi connectivity index (χ3v) is 4.59. The summed E-state index contributed by atoms with van der Waals surface area (Å²) in [4.78, 5) is 0. The summed E-state index contributed by atoms with van der Waals surface area (Å²) < 4.78 is 14.2. The minimum Gasteiger partial charge on any atom is -0.321 e. The van der Waals surface area contributed by atoms with Gasteiger partial charge in [0.1, 0.15) is 0 Å². The molecule has 0 spiro atoms. The van der Waals surface area contributed by atoms with Crippen LogP contribution >= 0.6 is 8.53 Å². The molecule has 0 bridgehead atoms. The topological polar surface area (TPSA) is 21.7 Å². The average molecular weight is 293 g/mol. The summed E-state index contributed by atoms with van der Waals surface area (Å²) in [5.41, 5.74) is 1.41. The van der Waals surface area contributed by atoms with Crippen molar-refractivity contribution in [2.24, 2.45) is 5.41 Å². The van der Waals surface area contributed by atoms with Crippen LogP contribution in [0.1, 0.15) is 26.3 Å². The van der Waals surface area contributed by atoms with E-state index < -0.39 is 8.53 Å². The SMILES string of the molecule is C/C=C/CN(Cc1ccccc1)P1OCC(C)(C)CO1. The fourth-order valence-corrected chi connectivity index (χ4v) is 3.74. The molecule has 110 valence electrons. The summed E-state index contributed by atoms with van der Waals surface area (Å²) in [6, 6.07) is 10.5. The Balaban J connectivity index is 2.00. The summed E-state index contributed by atoms with van der Waals surface area (Å²) in [7, 11) is -0.947. The lowest BCUT2D eigenvalue weighted by Gasteiger charge is -2.38. The van der Waals surface area contributed by atoms with Crippen molar-refractivity contribution in [1.29, 1.82) is 0 Å². The van der Waals surface area contributed by atoms with Gasteiger partial charge < -0.3 is 9.05 Å². The molecule has 1 aliphatic rings. The average Bonchev–Trinajstić information content (AvgIpc) is 2.45. The molecule has 0 atom stereocenters. The van der Waals surface area contributed by atoms with Crippen LogP contribution in [0.2, 0.25) is 0 Å². The summed E-state index contributed by atoms with van der Waals surface area (Å²) in [5.74, 6) is 0. The van der Waals surface area contributed by atoms with Crippen LogP contribution in [0.15, 0.2) is 42.5 Å². The monoisotopic (exact) mass is 293 g/mol. The van der Waals surface area contributed by atoms with Crippen LogP contribution in [-0.4, -0.2) is 24.4 Å². The van der Waals surface area contributed by atoms with E-state index in [4.69, 9.17) is 9.05 Å². The minimum absolute atomic E-state index is 0.123. The zero-order chi connectivity index (χ0) is 14.4. The van der Waals surface area contributed by atoms with E-state index in [-0.39, 0.29) is 5.41 Å². The van der Waals surface area contributed by atoms with Gasteiger partial charge in [-0.1, -0.05) is 56.3 Å². The highest BCUT2D eigenvalue weighted by Gasteiger charge is 2.32. The molecule has 1 heterocycles. The van der Waals surface area contributed by atoms with Crippen LogP contribution in [0, 0.1) is 5.41 Å². The van der Waals surface area contributed by atoms with Gasteiger partial charge in [0, 0.05) is 18.5 Å². The van der Waals surface area contributed by atoms with Crippen LogP contribution in [0.5, 0.6) is 0 Å². The molecular weight excluding hydrogens is 269 g/mol. The van der Waals surface area contributed by atoms with Gasteiger partial charge in [0.05, 0.1) is 13.2 Å². The molecule has 0 amide bonds. The van der Waals surface area contributed by atoms with Gasteiger partial charge in [0.15, 0.2) is 0 Å². The van der Waals surface area contributed by atoms with E-state index in [1.807, 2.05) is 13.0 Å². The van der Waals surface area contributed by atoms with Crippen molar-refractivity contribution in [2.45, 2.75) is 27.3 Å². The molecule has 20 heavy (non-hydrogen) atoms. The fraction of sp³-hybridized carbons (Fsp3) is 0.500. The largest absolute Gasteiger partial charge is 0.321 e. The Morgan fingerprint density at radius 2 is 1.85 bits per heavy atom. The Morgan fingerprint density at radius 3 is 2.45 bits per heavy atom. The van der Waals surface area contributed by atoms with Crippen LogP contribution < -0.4 is 0 Å². The summed E-state index contributed by atoms with van der Waals surface area (Å²) in [5, 5.41) is 0. The highest BCUT2D eigenvalue weighted by atomic mass is 31.2. The van der Waals surface area contributed by atoms with Crippen LogP contribution in [-0.2, 0) is 15.6 Å². The van der Waals surface area contributed by atoms with Crippen molar-refractivity contribution >= 4 is 8.53 Å². The molecule has 1 aromatic carbocycles. The smallest absolute Gasteiger partial charge is 0.259 e. The normalized spacial score (nSPS) is 19.8. The van der Waals surface area contributed by atoms with Gasteiger partial charge in [-0.3, -0.25) is 0 Å². The van der Waals surface area contributed by atoms with Gasteiger partial charge >= 0.3 is 0 Å². The number of rotatable bonds is 5. The van der Waals surface area contributed by atoms with Crippen molar-refractivity contribution in [2.75, 3.05) is 19.8 Å². The summed E-state index contributed by atoms with van der Waals surface area (Å²) >= 11 is 0. The predicted octanol–water partition coefficient (Wildman–Crippen LogP) is 4.36. The fourth-order valence-electron chi connectivity index (χ4n) is 1.91. The van der Waals surface area contributed by atoms with Gasteiger partial charge in [-0.2, -0.15) is 0 Å². The molecule has 1 aliphatic heterocycles. The summed E-state index contributed by atoms with van der Waals surface area (Å²) in [6.07, 6.45) is 4.22. The molecule has 1 fully saturated rings. The predicted molar refractivity (Wildman–Crippen MR) is 84.3 cm³/mol. The molecule has 0 N–H and O–H groups in total. The molecule has 0 saturated carbocycles. The lowest BCUT2D eigenvalue weighted by atomic mass is 9.97. The Morgan fingerprint density at radius 1 is 1.20 bits per heavy atom. The first-order valence-electron chi connectivity index (χ1n) is 7.07. The number of nitrogens with zero attached hydrogens (tertiary/aromatic N) is 1. The molecular formula is C16H24NO2P. The first-order valence-corrected chi connectivity index (χ1v) is 8.20. The lowest BCUT2D eigenvalue weighted by molar-refractivity contribution is 0.0450. The Kier molecular flexibility index (Phi) is 5.74. The Hall–Kier alpha value is -0.730. The highest BCUT2D eigenvalue weighted by Crippen LogP contribution is 2.49. The molecule has 0 aliphatic carbocycles.